The van der Waals surface area contributed by atoms with Gasteiger partial charge in [-0.05, 0) is 42.2 Å². The molecule has 0 bridgehead atoms. The van der Waals surface area contributed by atoms with Crippen LogP contribution in [-0.2, 0) is 20.7 Å². The van der Waals surface area contributed by atoms with Crippen LogP contribution in [0.1, 0.15) is 26.3 Å². The van der Waals surface area contributed by atoms with Crippen molar-refractivity contribution in [3.05, 3.63) is 95.6 Å². The van der Waals surface area contributed by atoms with Gasteiger partial charge in [-0.1, -0.05) is 48.5 Å². The minimum atomic E-state index is -1.21. The molecule has 1 N–H and O–H groups in total. The minimum absolute atomic E-state index is 0.0720. The number of carbonyl (C=O) groups is 4. The number of esters is 1. The number of anilines is 1. The van der Waals surface area contributed by atoms with Crippen molar-refractivity contribution >= 4 is 41.1 Å². The molecule has 1 unspecified atom stereocenters. The maximum absolute atomic E-state index is 13.1. The van der Waals surface area contributed by atoms with E-state index in [1.54, 1.807) is 60.7 Å². The number of nitrogens with zero attached hydrogens (tertiary/aromatic N) is 1. The van der Waals surface area contributed by atoms with Crippen LogP contribution in [0.25, 0.3) is 0 Å². The van der Waals surface area contributed by atoms with Crippen LogP contribution >= 0.6 is 11.8 Å². The van der Waals surface area contributed by atoms with Crippen LogP contribution in [-0.4, -0.2) is 47.5 Å². The number of imide groups is 1. The highest BCUT2D eigenvalue weighted by Crippen LogP contribution is 2.26. The van der Waals surface area contributed by atoms with E-state index in [1.165, 1.54) is 11.8 Å². The lowest BCUT2D eigenvalue weighted by molar-refractivity contribution is -0.151. The Balaban J connectivity index is 1.50. The van der Waals surface area contributed by atoms with Crippen molar-refractivity contribution in [2.75, 3.05) is 18.2 Å². The molecule has 3 aromatic carbocycles. The van der Waals surface area contributed by atoms with Crippen LogP contribution in [0.3, 0.4) is 0 Å². The summed E-state index contributed by atoms with van der Waals surface area (Å²) in [5.41, 5.74) is 1.81. The number of rotatable bonds is 8. The molecular weight excluding hydrogens is 452 g/mol. The van der Waals surface area contributed by atoms with Gasteiger partial charge in [0.05, 0.1) is 11.1 Å². The van der Waals surface area contributed by atoms with Crippen molar-refractivity contribution in [1.29, 1.82) is 0 Å². The third-order valence-corrected chi connectivity index (χ3v) is 6.11. The zero-order valence-electron chi connectivity index (χ0n) is 18.4. The molecular formula is C26H22N2O5S. The zero-order valence-corrected chi connectivity index (χ0v) is 19.2. The Hall–Kier alpha value is -3.91. The maximum Gasteiger partial charge on any atom is 0.330 e. The summed E-state index contributed by atoms with van der Waals surface area (Å²) in [5.74, 6) is -2.47. The Morgan fingerprint density at radius 1 is 0.912 bits per heavy atom. The summed E-state index contributed by atoms with van der Waals surface area (Å²) in [6.07, 6.45) is 2.00. The molecule has 0 fully saturated rings. The Bertz CT molecular complexity index is 1210. The van der Waals surface area contributed by atoms with E-state index in [0.29, 0.717) is 5.69 Å². The Morgan fingerprint density at radius 2 is 1.56 bits per heavy atom. The molecule has 1 aliphatic heterocycles. The van der Waals surface area contributed by atoms with Gasteiger partial charge in [0.25, 0.3) is 17.7 Å². The lowest BCUT2D eigenvalue weighted by atomic mass is 10.0. The molecule has 1 aliphatic rings. The van der Waals surface area contributed by atoms with Gasteiger partial charge < -0.3 is 10.1 Å². The molecule has 3 aromatic rings. The number of hydrogen-bond acceptors (Lipinski definition) is 6. The number of fused-ring (bicyclic) bond motifs is 1. The van der Waals surface area contributed by atoms with E-state index in [1.807, 2.05) is 24.5 Å². The Labute approximate surface area is 201 Å². The van der Waals surface area contributed by atoms with E-state index in [0.717, 1.165) is 15.4 Å². The zero-order chi connectivity index (χ0) is 24.1. The Morgan fingerprint density at radius 3 is 2.21 bits per heavy atom. The van der Waals surface area contributed by atoms with Gasteiger partial charge in [0, 0.05) is 17.0 Å². The van der Waals surface area contributed by atoms with Crippen molar-refractivity contribution < 1.29 is 23.9 Å². The number of thioether (sulfide) groups is 1. The SMILES string of the molecule is CSc1cccc(NC(=O)COC(=O)C(Cc2ccccc2)N2C(=O)c3ccccc3C2=O)c1. The molecule has 172 valence electrons. The molecule has 7 nitrogen and oxygen atoms in total. The molecule has 4 rings (SSSR count). The second kappa shape index (κ2) is 10.4. The molecule has 0 radical (unpaired) electrons. The number of amides is 3. The fraction of sp³-hybridized carbons (Fsp3) is 0.154. The highest BCUT2D eigenvalue weighted by molar-refractivity contribution is 7.98. The minimum Gasteiger partial charge on any atom is -0.454 e. The summed E-state index contributed by atoms with van der Waals surface area (Å²) < 4.78 is 5.27. The molecule has 1 heterocycles. The van der Waals surface area contributed by atoms with Gasteiger partial charge in [0.15, 0.2) is 6.61 Å². The quantitative estimate of drug-likeness (QED) is 0.303. The van der Waals surface area contributed by atoms with Gasteiger partial charge in [0.2, 0.25) is 0 Å². The number of benzene rings is 3. The van der Waals surface area contributed by atoms with E-state index in [9.17, 15) is 19.2 Å². The topological polar surface area (TPSA) is 92.8 Å². The van der Waals surface area contributed by atoms with Crippen molar-refractivity contribution in [2.45, 2.75) is 17.4 Å². The van der Waals surface area contributed by atoms with Gasteiger partial charge >= 0.3 is 5.97 Å². The highest BCUT2D eigenvalue weighted by Gasteiger charge is 2.43. The van der Waals surface area contributed by atoms with Crippen LogP contribution < -0.4 is 5.32 Å². The first-order chi connectivity index (χ1) is 16.5. The molecule has 0 aliphatic carbocycles. The van der Waals surface area contributed by atoms with Gasteiger partial charge in [-0.2, -0.15) is 0 Å². The summed E-state index contributed by atoms with van der Waals surface area (Å²) in [6.45, 7) is -0.545. The van der Waals surface area contributed by atoms with E-state index < -0.39 is 36.3 Å². The normalized spacial score (nSPS) is 13.4. The van der Waals surface area contributed by atoms with E-state index >= 15 is 0 Å². The van der Waals surface area contributed by atoms with E-state index in [2.05, 4.69) is 5.32 Å². The van der Waals surface area contributed by atoms with Crippen molar-refractivity contribution in [3.63, 3.8) is 0 Å². The van der Waals surface area contributed by atoms with Crippen LogP contribution in [0.2, 0.25) is 0 Å². The van der Waals surface area contributed by atoms with Crippen molar-refractivity contribution in [2.24, 2.45) is 0 Å². The second-order valence-corrected chi connectivity index (χ2v) is 8.50. The van der Waals surface area contributed by atoms with Crippen LogP contribution in [0.4, 0.5) is 5.69 Å². The van der Waals surface area contributed by atoms with Gasteiger partial charge in [-0.3, -0.25) is 19.3 Å². The molecule has 0 aromatic heterocycles. The largest absolute Gasteiger partial charge is 0.454 e. The smallest absolute Gasteiger partial charge is 0.330 e. The highest BCUT2D eigenvalue weighted by atomic mass is 32.2. The fourth-order valence-electron chi connectivity index (χ4n) is 3.74. The number of hydrogen-bond donors (Lipinski definition) is 1. The average Bonchev–Trinajstić information content (AvgIpc) is 3.11. The molecule has 0 saturated heterocycles. The van der Waals surface area contributed by atoms with E-state index in [4.69, 9.17) is 4.74 Å². The molecule has 0 spiro atoms. The predicted octanol–water partition coefficient (Wildman–Crippen LogP) is 3.80. The molecule has 3 amide bonds. The third-order valence-electron chi connectivity index (χ3n) is 5.38. The lowest BCUT2D eigenvalue weighted by Crippen LogP contribution is -2.47. The molecule has 34 heavy (non-hydrogen) atoms. The summed E-state index contributed by atoms with van der Waals surface area (Å²) in [7, 11) is 0. The van der Waals surface area contributed by atoms with Crippen LogP contribution in [0.5, 0.6) is 0 Å². The molecule has 0 saturated carbocycles. The summed E-state index contributed by atoms with van der Waals surface area (Å²) in [4.78, 5) is 53.4. The summed E-state index contributed by atoms with van der Waals surface area (Å²) in [6, 6.07) is 21.5. The first kappa shape index (κ1) is 23.3. The van der Waals surface area contributed by atoms with Crippen LogP contribution in [0.15, 0.2) is 83.8 Å². The van der Waals surface area contributed by atoms with Gasteiger partial charge in [-0.15, -0.1) is 11.8 Å². The van der Waals surface area contributed by atoms with E-state index in [-0.39, 0.29) is 17.5 Å². The van der Waals surface area contributed by atoms with Crippen molar-refractivity contribution in [3.8, 4) is 0 Å². The molecule has 8 heteroatoms. The predicted molar refractivity (Wildman–Crippen MR) is 129 cm³/mol. The average molecular weight is 475 g/mol. The maximum atomic E-state index is 13.1. The number of nitrogens with one attached hydrogen (secondary N) is 1. The lowest BCUT2D eigenvalue weighted by Gasteiger charge is -2.24. The summed E-state index contributed by atoms with van der Waals surface area (Å²) in [5, 5.41) is 2.68. The Kier molecular flexibility index (Phi) is 7.08. The van der Waals surface area contributed by atoms with Crippen LogP contribution in [0, 0.1) is 0 Å². The van der Waals surface area contributed by atoms with Gasteiger partial charge in [0.1, 0.15) is 6.04 Å². The van der Waals surface area contributed by atoms with Crippen molar-refractivity contribution in [1.82, 2.24) is 4.90 Å². The third kappa shape index (κ3) is 5.02. The number of carbonyl (C=O) groups excluding carboxylic acids is 4. The molecule has 1 atom stereocenters. The second-order valence-electron chi connectivity index (χ2n) is 7.62. The standard InChI is InChI=1S/C26H22N2O5S/c1-34-19-11-7-10-18(15-19)27-23(29)16-33-26(32)22(14-17-8-3-2-4-9-17)28-24(30)20-12-5-6-13-21(20)25(28)31/h2-13,15,22H,14,16H2,1H3,(H,27,29). The first-order valence-electron chi connectivity index (χ1n) is 10.6. The fourth-order valence-corrected chi connectivity index (χ4v) is 4.20. The van der Waals surface area contributed by atoms with Gasteiger partial charge in [-0.25, -0.2) is 4.79 Å². The monoisotopic (exact) mass is 474 g/mol. The first-order valence-corrected chi connectivity index (χ1v) is 11.8. The summed E-state index contributed by atoms with van der Waals surface area (Å²) >= 11 is 1.54. The number of ether oxygens (including phenoxy) is 1.